The largest absolute Gasteiger partial charge is 0.496 e. The molecule has 1 amide bonds. The molecule has 8 nitrogen and oxygen atoms in total. The zero-order chi connectivity index (χ0) is 35.7. The van der Waals surface area contributed by atoms with Crippen molar-refractivity contribution in [3.8, 4) is 16.9 Å². The minimum atomic E-state index is -5.06. The predicted octanol–water partition coefficient (Wildman–Crippen LogP) is 8.52. The SMILES string of the molecule is CC[C@@H](CCCc1ccc(OC)c(-c2ccc(N3CCC3)nc2CN2C(=O)O[C@H](c3cc(C(F)(F)F)cc(C(F)(F)F)c3)[C@@H]2C)c1)C(=O)O. The average molecular weight is 694 g/mol. The maximum absolute atomic E-state index is 13.6. The molecule has 0 radical (unpaired) electrons. The van der Waals surface area contributed by atoms with Crippen molar-refractivity contribution in [1.29, 1.82) is 0 Å². The van der Waals surface area contributed by atoms with Crippen molar-refractivity contribution in [3.63, 3.8) is 0 Å². The van der Waals surface area contributed by atoms with E-state index in [0.29, 0.717) is 66.2 Å². The lowest BCUT2D eigenvalue weighted by molar-refractivity contribution is -0.144. The van der Waals surface area contributed by atoms with Gasteiger partial charge in [0.1, 0.15) is 17.7 Å². The third-order valence-electron chi connectivity index (χ3n) is 9.20. The highest BCUT2D eigenvalue weighted by molar-refractivity contribution is 5.76. The Hall–Kier alpha value is -4.49. The Labute approximate surface area is 279 Å². The Morgan fingerprint density at radius 2 is 1.69 bits per heavy atom. The van der Waals surface area contributed by atoms with E-state index in [9.17, 15) is 41.0 Å². The van der Waals surface area contributed by atoms with Gasteiger partial charge in [0, 0.05) is 24.2 Å². The van der Waals surface area contributed by atoms with Gasteiger partial charge in [0.05, 0.1) is 42.4 Å². The zero-order valence-electron chi connectivity index (χ0n) is 27.2. The highest BCUT2D eigenvalue weighted by atomic mass is 19.4. The number of aromatic nitrogens is 1. The number of nitrogens with zero attached hydrogens (tertiary/aromatic N) is 3. The molecular weight excluding hydrogens is 656 g/mol. The number of amides is 1. The van der Waals surface area contributed by atoms with Gasteiger partial charge >= 0.3 is 24.4 Å². The van der Waals surface area contributed by atoms with Crippen LogP contribution in [0.15, 0.2) is 48.5 Å². The van der Waals surface area contributed by atoms with E-state index in [4.69, 9.17) is 14.5 Å². The molecule has 264 valence electrons. The number of carbonyl (C=O) groups is 2. The Balaban J connectivity index is 1.48. The lowest BCUT2D eigenvalue weighted by Gasteiger charge is -2.33. The lowest BCUT2D eigenvalue weighted by Crippen LogP contribution is -2.38. The number of aryl methyl sites for hydroxylation is 1. The number of hydrogen-bond acceptors (Lipinski definition) is 6. The summed E-state index contributed by atoms with van der Waals surface area (Å²) in [5, 5.41) is 9.42. The van der Waals surface area contributed by atoms with Crippen molar-refractivity contribution in [3.05, 3.63) is 76.5 Å². The van der Waals surface area contributed by atoms with Crippen LogP contribution in [0.4, 0.5) is 37.0 Å². The van der Waals surface area contributed by atoms with Crippen molar-refractivity contribution < 1.29 is 50.5 Å². The van der Waals surface area contributed by atoms with Gasteiger partial charge in [0.25, 0.3) is 0 Å². The van der Waals surface area contributed by atoms with Gasteiger partial charge in [-0.2, -0.15) is 26.3 Å². The molecule has 2 aromatic carbocycles. The molecule has 0 saturated carbocycles. The van der Waals surface area contributed by atoms with Gasteiger partial charge in [-0.3, -0.25) is 9.69 Å². The van der Waals surface area contributed by atoms with E-state index < -0.39 is 59.2 Å². The third kappa shape index (κ3) is 7.88. The van der Waals surface area contributed by atoms with Crippen LogP contribution in [-0.2, 0) is 34.8 Å². The molecule has 49 heavy (non-hydrogen) atoms. The molecule has 0 bridgehead atoms. The summed E-state index contributed by atoms with van der Waals surface area (Å²) < 4.78 is 92.8. The summed E-state index contributed by atoms with van der Waals surface area (Å²) in [6.45, 7) is 4.75. The van der Waals surface area contributed by atoms with Crippen molar-refractivity contribution >= 4 is 17.9 Å². The number of ether oxygens (including phenoxy) is 2. The molecule has 3 atom stereocenters. The number of rotatable bonds is 12. The van der Waals surface area contributed by atoms with E-state index >= 15 is 0 Å². The molecule has 1 N–H and O–H groups in total. The van der Waals surface area contributed by atoms with E-state index in [2.05, 4.69) is 0 Å². The number of anilines is 1. The molecule has 2 aliphatic heterocycles. The zero-order valence-corrected chi connectivity index (χ0v) is 27.2. The summed E-state index contributed by atoms with van der Waals surface area (Å²) in [5.74, 6) is -0.103. The Kier molecular flexibility index (Phi) is 10.3. The van der Waals surface area contributed by atoms with Crippen LogP contribution < -0.4 is 9.64 Å². The van der Waals surface area contributed by atoms with Crippen LogP contribution in [-0.4, -0.2) is 53.3 Å². The number of cyclic esters (lactones) is 1. The summed E-state index contributed by atoms with van der Waals surface area (Å²) in [7, 11) is 1.51. The number of carbonyl (C=O) groups excluding carboxylic acids is 1. The van der Waals surface area contributed by atoms with Gasteiger partial charge in [-0.25, -0.2) is 9.78 Å². The second kappa shape index (κ2) is 14.2. The number of alkyl halides is 6. The summed E-state index contributed by atoms with van der Waals surface area (Å²) in [6.07, 6.45) is -9.18. The maximum Gasteiger partial charge on any atom is 0.416 e. The standard InChI is InChI=1S/C35H37F6N3O5/c1-4-22(32(45)46)8-5-7-21-9-11-29(48-3)27(15-21)26-10-12-30(43-13-6-14-43)42-28(26)19-44-20(2)31(49-33(44)47)23-16-24(34(36,37)38)18-25(17-23)35(39,40)41/h9-12,15-18,20,22,31H,4-8,13-14,19H2,1-3H3,(H,45,46)/t20-,22-,31-/m0/s1. The van der Waals surface area contributed by atoms with Crippen LogP contribution >= 0.6 is 0 Å². The quantitative estimate of drug-likeness (QED) is 0.190. The molecule has 0 aliphatic carbocycles. The van der Waals surface area contributed by atoms with Crippen molar-refractivity contribution in [1.82, 2.24) is 9.88 Å². The first kappa shape index (κ1) is 35.8. The van der Waals surface area contributed by atoms with Crippen LogP contribution in [0.5, 0.6) is 5.75 Å². The molecule has 0 unspecified atom stereocenters. The number of carboxylic acids is 1. The average Bonchev–Trinajstić information content (AvgIpc) is 3.29. The minimum absolute atomic E-state index is 0.0377. The Bertz CT molecular complexity index is 1660. The predicted molar refractivity (Wildman–Crippen MR) is 168 cm³/mol. The van der Waals surface area contributed by atoms with Crippen LogP contribution in [0, 0.1) is 5.92 Å². The van der Waals surface area contributed by atoms with Crippen LogP contribution in [0.1, 0.15) is 73.6 Å². The normalized spacial score (nSPS) is 18.7. The van der Waals surface area contributed by atoms with Crippen molar-refractivity contribution in [2.45, 2.75) is 77.0 Å². The van der Waals surface area contributed by atoms with Gasteiger partial charge in [0.15, 0.2) is 0 Å². The highest BCUT2D eigenvalue weighted by Gasteiger charge is 2.43. The Morgan fingerprint density at radius 3 is 2.24 bits per heavy atom. The summed E-state index contributed by atoms with van der Waals surface area (Å²) in [4.78, 5) is 32.9. The topological polar surface area (TPSA) is 92.2 Å². The van der Waals surface area contributed by atoms with Crippen LogP contribution in [0.3, 0.4) is 0 Å². The molecule has 1 aromatic heterocycles. The molecule has 14 heteroatoms. The van der Waals surface area contributed by atoms with E-state index in [-0.39, 0.29) is 12.6 Å². The number of benzene rings is 2. The maximum atomic E-state index is 13.6. The fraction of sp³-hybridized carbons (Fsp3) is 0.457. The van der Waals surface area contributed by atoms with Gasteiger partial charge in [0.2, 0.25) is 0 Å². The van der Waals surface area contributed by atoms with E-state index in [1.807, 2.05) is 36.1 Å². The first-order valence-corrected chi connectivity index (χ1v) is 16.0. The molecule has 3 aromatic rings. The van der Waals surface area contributed by atoms with E-state index in [0.717, 1.165) is 25.1 Å². The van der Waals surface area contributed by atoms with E-state index in [1.54, 1.807) is 6.07 Å². The molecule has 2 fully saturated rings. The number of carboxylic acid groups (broad SMARTS) is 1. The monoisotopic (exact) mass is 693 g/mol. The van der Waals surface area contributed by atoms with Crippen LogP contribution in [0.2, 0.25) is 0 Å². The smallest absolute Gasteiger partial charge is 0.416 e. The number of methoxy groups -OCH3 is 1. The lowest BCUT2D eigenvalue weighted by atomic mass is 9.94. The second-order valence-corrected chi connectivity index (χ2v) is 12.4. The summed E-state index contributed by atoms with van der Waals surface area (Å²) >= 11 is 0. The fourth-order valence-corrected chi connectivity index (χ4v) is 6.22. The van der Waals surface area contributed by atoms with Gasteiger partial charge in [-0.15, -0.1) is 0 Å². The molecule has 2 aliphatic rings. The highest BCUT2D eigenvalue weighted by Crippen LogP contribution is 2.42. The third-order valence-corrected chi connectivity index (χ3v) is 9.20. The molecule has 0 spiro atoms. The molecular formula is C35H37F6N3O5. The van der Waals surface area contributed by atoms with Crippen molar-refractivity contribution in [2.24, 2.45) is 5.92 Å². The van der Waals surface area contributed by atoms with Crippen molar-refractivity contribution in [2.75, 3.05) is 25.1 Å². The first-order chi connectivity index (χ1) is 23.1. The summed E-state index contributed by atoms with van der Waals surface area (Å²) in [6, 6.07) is 9.54. The number of pyridine rings is 1. The summed E-state index contributed by atoms with van der Waals surface area (Å²) in [5.41, 5.74) is -0.783. The Morgan fingerprint density at radius 1 is 1.02 bits per heavy atom. The van der Waals surface area contributed by atoms with Gasteiger partial charge in [-0.1, -0.05) is 13.0 Å². The minimum Gasteiger partial charge on any atom is -0.496 e. The van der Waals surface area contributed by atoms with Crippen LogP contribution in [0.25, 0.3) is 11.1 Å². The molecule has 2 saturated heterocycles. The number of hydrogen-bond donors (Lipinski definition) is 1. The van der Waals surface area contributed by atoms with Gasteiger partial charge in [-0.05, 0) is 92.6 Å². The second-order valence-electron chi connectivity index (χ2n) is 12.4. The number of aliphatic carboxylic acids is 1. The molecule has 5 rings (SSSR count). The fourth-order valence-electron chi connectivity index (χ4n) is 6.22. The number of halogens is 6. The van der Waals surface area contributed by atoms with Gasteiger partial charge < -0.3 is 19.5 Å². The molecule has 3 heterocycles. The van der Waals surface area contributed by atoms with E-state index in [1.165, 1.54) is 18.9 Å². The first-order valence-electron chi connectivity index (χ1n) is 16.0.